The molecule has 2 aromatic rings. The maximum atomic E-state index is 5.91. The number of likely N-dealkylation sites (N-methyl/N-ethyl adjacent to an activating group) is 1. The molecule has 0 fully saturated rings. The average Bonchev–Trinajstić information content (AvgIpc) is 2.91. The van der Waals surface area contributed by atoms with Crippen molar-refractivity contribution in [2.45, 2.75) is 19.5 Å². The molecule has 1 unspecified atom stereocenters. The fourth-order valence-corrected chi connectivity index (χ4v) is 3.64. The normalized spacial score (nSPS) is 13.2. The van der Waals surface area contributed by atoms with E-state index in [0.29, 0.717) is 12.6 Å². The van der Waals surface area contributed by atoms with Crippen molar-refractivity contribution in [3.63, 3.8) is 0 Å². The first kappa shape index (κ1) is 12.8. The Labute approximate surface area is 111 Å². The average molecular weight is 266 g/mol. The number of nitrogens with zero attached hydrogens (tertiary/aromatic N) is 1. The van der Waals surface area contributed by atoms with Gasteiger partial charge >= 0.3 is 0 Å². The summed E-state index contributed by atoms with van der Waals surface area (Å²) in [6.07, 6.45) is 0. The maximum absolute atomic E-state index is 5.91. The fraction of sp³-hybridized carbons (Fsp3) is 0.385. The summed E-state index contributed by atoms with van der Waals surface area (Å²) in [5.41, 5.74) is 7.28. The van der Waals surface area contributed by atoms with E-state index in [0.717, 1.165) is 6.54 Å². The SMILES string of the molecule is Cc1ccc(C(CN)N(C)Cc2ccsc2)s1. The van der Waals surface area contributed by atoms with E-state index in [1.54, 1.807) is 11.3 Å². The van der Waals surface area contributed by atoms with Crippen LogP contribution in [0.15, 0.2) is 29.0 Å². The second kappa shape index (κ2) is 5.78. The molecule has 4 heteroatoms. The summed E-state index contributed by atoms with van der Waals surface area (Å²) in [5.74, 6) is 0. The van der Waals surface area contributed by atoms with E-state index in [2.05, 4.69) is 47.8 Å². The van der Waals surface area contributed by atoms with E-state index in [1.807, 2.05) is 11.3 Å². The summed E-state index contributed by atoms with van der Waals surface area (Å²) in [6, 6.07) is 6.87. The van der Waals surface area contributed by atoms with E-state index >= 15 is 0 Å². The van der Waals surface area contributed by atoms with Crippen molar-refractivity contribution >= 4 is 22.7 Å². The lowest BCUT2D eigenvalue weighted by Crippen LogP contribution is -2.29. The lowest BCUT2D eigenvalue weighted by molar-refractivity contribution is 0.245. The number of hydrogen-bond acceptors (Lipinski definition) is 4. The Morgan fingerprint density at radius 1 is 1.35 bits per heavy atom. The highest BCUT2D eigenvalue weighted by Gasteiger charge is 2.17. The zero-order valence-corrected chi connectivity index (χ0v) is 11.9. The minimum absolute atomic E-state index is 0.327. The van der Waals surface area contributed by atoms with Crippen LogP contribution >= 0.6 is 22.7 Å². The molecule has 0 saturated heterocycles. The minimum Gasteiger partial charge on any atom is -0.329 e. The highest BCUT2D eigenvalue weighted by molar-refractivity contribution is 7.12. The van der Waals surface area contributed by atoms with Crippen molar-refractivity contribution in [1.29, 1.82) is 0 Å². The molecule has 0 aliphatic carbocycles. The fourth-order valence-electron chi connectivity index (χ4n) is 1.93. The predicted octanol–water partition coefficient (Wildman–Crippen LogP) is 3.25. The van der Waals surface area contributed by atoms with Crippen LogP contribution in [0.3, 0.4) is 0 Å². The van der Waals surface area contributed by atoms with Gasteiger partial charge < -0.3 is 5.73 Å². The van der Waals surface area contributed by atoms with Crippen LogP contribution in [0.1, 0.15) is 21.4 Å². The number of thiophene rings is 2. The van der Waals surface area contributed by atoms with Crippen LogP contribution in [0.2, 0.25) is 0 Å². The van der Waals surface area contributed by atoms with Crippen LogP contribution in [0.25, 0.3) is 0 Å². The lowest BCUT2D eigenvalue weighted by Gasteiger charge is -2.25. The topological polar surface area (TPSA) is 29.3 Å². The van der Waals surface area contributed by atoms with Crippen LogP contribution in [-0.2, 0) is 6.54 Å². The molecule has 0 amide bonds. The Morgan fingerprint density at radius 2 is 2.18 bits per heavy atom. The molecule has 0 spiro atoms. The minimum atomic E-state index is 0.327. The van der Waals surface area contributed by atoms with Gasteiger partial charge in [0.05, 0.1) is 6.04 Å². The molecule has 92 valence electrons. The molecule has 2 rings (SSSR count). The van der Waals surface area contributed by atoms with Gasteiger partial charge in [0.15, 0.2) is 0 Å². The molecule has 0 aromatic carbocycles. The number of nitrogens with two attached hydrogens (primary N) is 1. The van der Waals surface area contributed by atoms with Gasteiger partial charge in [0, 0.05) is 22.8 Å². The molecule has 0 aliphatic heterocycles. The lowest BCUT2D eigenvalue weighted by atomic mass is 10.2. The van der Waals surface area contributed by atoms with Crippen LogP contribution in [-0.4, -0.2) is 18.5 Å². The van der Waals surface area contributed by atoms with Crippen LogP contribution in [0, 0.1) is 6.92 Å². The quantitative estimate of drug-likeness (QED) is 0.900. The van der Waals surface area contributed by atoms with Gasteiger partial charge in [0.2, 0.25) is 0 Å². The van der Waals surface area contributed by atoms with Gasteiger partial charge in [-0.3, -0.25) is 4.90 Å². The van der Waals surface area contributed by atoms with E-state index < -0.39 is 0 Å². The second-order valence-electron chi connectivity index (χ2n) is 4.25. The van der Waals surface area contributed by atoms with Crippen molar-refractivity contribution in [3.8, 4) is 0 Å². The number of hydrogen-bond donors (Lipinski definition) is 1. The molecule has 2 heterocycles. The van der Waals surface area contributed by atoms with E-state index in [-0.39, 0.29) is 0 Å². The molecular weight excluding hydrogens is 248 g/mol. The molecule has 0 radical (unpaired) electrons. The van der Waals surface area contributed by atoms with Gasteiger partial charge in [-0.2, -0.15) is 11.3 Å². The first-order chi connectivity index (χ1) is 8.20. The van der Waals surface area contributed by atoms with Gasteiger partial charge in [0.1, 0.15) is 0 Å². The highest BCUT2D eigenvalue weighted by Crippen LogP contribution is 2.27. The molecule has 0 bridgehead atoms. The summed E-state index contributed by atoms with van der Waals surface area (Å²) in [5, 5.41) is 4.32. The van der Waals surface area contributed by atoms with Gasteiger partial charge in [-0.15, -0.1) is 11.3 Å². The first-order valence-electron chi connectivity index (χ1n) is 5.68. The number of rotatable bonds is 5. The molecule has 0 aliphatic rings. The summed E-state index contributed by atoms with van der Waals surface area (Å²) in [7, 11) is 2.14. The Morgan fingerprint density at radius 3 is 2.71 bits per heavy atom. The van der Waals surface area contributed by atoms with Crippen LogP contribution in [0.5, 0.6) is 0 Å². The Kier molecular flexibility index (Phi) is 4.34. The monoisotopic (exact) mass is 266 g/mol. The zero-order valence-electron chi connectivity index (χ0n) is 10.2. The van der Waals surface area contributed by atoms with E-state index in [4.69, 9.17) is 5.73 Å². The largest absolute Gasteiger partial charge is 0.329 e. The van der Waals surface area contributed by atoms with Gasteiger partial charge in [-0.25, -0.2) is 0 Å². The third-order valence-electron chi connectivity index (χ3n) is 2.86. The zero-order chi connectivity index (χ0) is 12.3. The van der Waals surface area contributed by atoms with E-state index in [1.165, 1.54) is 15.3 Å². The van der Waals surface area contributed by atoms with Gasteiger partial charge in [-0.1, -0.05) is 0 Å². The summed E-state index contributed by atoms with van der Waals surface area (Å²) < 4.78 is 0. The van der Waals surface area contributed by atoms with Crippen molar-refractivity contribution in [2.24, 2.45) is 5.73 Å². The van der Waals surface area contributed by atoms with Crippen molar-refractivity contribution < 1.29 is 0 Å². The third-order valence-corrected chi connectivity index (χ3v) is 4.69. The standard InChI is InChI=1S/C13H18N2S2/c1-10-3-4-13(17-10)12(7-14)15(2)8-11-5-6-16-9-11/h3-6,9,12H,7-8,14H2,1-2H3. The third kappa shape index (κ3) is 3.16. The molecule has 2 nitrogen and oxygen atoms in total. The highest BCUT2D eigenvalue weighted by atomic mass is 32.1. The first-order valence-corrected chi connectivity index (χ1v) is 7.44. The van der Waals surface area contributed by atoms with E-state index in [9.17, 15) is 0 Å². The van der Waals surface area contributed by atoms with Crippen molar-refractivity contribution in [2.75, 3.05) is 13.6 Å². The Bertz CT molecular complexity index is 448. The molecule has 2 aromatic heterocycles. The van der Waals surface area contributed by atoms with Crippen LogP contribution < -0.4 is 5.73 Å². The molecule has 1 atom stereocenters. The second-order valence-corrected chi connectivity index (χ2v) is 6.35. The Hall–Kier alpha value is -0.680. The van der Waals surface area contributed by atoms with Crippen molar-refractivity contribution in [1.82, 2.24) is 4.90 Å². The summed E-state index contributed by atoms with van der Waals surface area (Å²) in [6.45, 7) is 3.77. The Balaban J connectivity index is 2.07. The summed E-state index contributed by atoms with van der Waals surface area (Å²) >= 11 is 3.59. The van der Waals surface area contributed by atoms with Crippen LogP contribution in [0.4, 0.5) is 0 Å². The van der Waals surface area contributed by atoms with Gasteiger partial charge in [0.25, 0.3) is 0 Å². The molecule has 2 N–H and O–H groups in total. The molecule has 0 saturated carbocycles. The summed E-state index contributed by atoms with van der Waals surface area (Å²) in [4.78, 5) is 5.04. The van der Waals surface area contributed by atoms with Gasteiger partial charge in [-0.05, 0) is 48.5 Å². The predicted molar refractivity (Wildman–Crippen MR) is 76.6 cm³/mol. The smallest absolute Gasteiger partial charge is 0.0564 e. The van der Waals surface area contributed by atoms with Crippen molar-refractivity contribution in [3.05, 3.63) is 44.3 Å². The number of aryl methyl sites for hydroxylation is 1. The molecular formula is C13H18N2S2. The maximum Gasteiger partial charge on any atom is 0.0564 e. The molecule has 17 heavy (non-hydrogen) atoms.